The molecule has 4 nitrogen and oxygen atoms in total. The van der Waals surface area contributed by atoms with Crippen LogP contribution >= 0.6 is 11.3 Å². The second-order valence-corrected chi connectivity index (χ2v) is 7.00. The summed E-state index contributed by atoms with van der Waals surface area (Å²) in [5, 5.41) is 5.68. The number of primary amides is 1. The van der Waals surface area contributed by atoms with Gasteiger partial charge in [0.2, 0.25) is 0 Å². The summed E-state index contributed by atoms with van der Waals surface area (Å²) in [4.78, 5) is 14.7. The fraction of sp³-hybridized carbons (Fsp3) is 0.667. The van der Waals surface area contributed by atoms with Crippen LogP contribution in [0.15, 0.2) is 17.5 Å². The summed E-state index contributed by atoms with van der Waals surface area (Å²) >= 11 is 1.77. The number of piperidine rings is 1. The van der Waals surface area contributed by atoms with Crippen LogP contribution in [0, 0.1) is 5.92 Å². The first-order chi connectivity index (χ1) is 9.56. The first kappa shape index (κ1) is 15.3. The molecule has 0 radical (unpaired) electrons. The van der Waals surface area contributed by atoms with Gasteiger partial charge in [0.25, 0.3) is 0 Å². The fourth-order valence-corrected chi connectivity index (χ4v) is 3.57. The zero-order chi connectivity index (χ0) is 14.5. The molecule has 2 rings (SSSR count). The SMILES string of the molecule is CC(C)CCNC1CC(c2cccs2)CN(C(N)=O)C1. The van der Waals surface area contributed by atoms with E-state index < -0.39 is 0 Å². The molecule has 2 atom stereocenters. The molecule has 112 valence electrons. The predicted molar refractivity (Wildman–Crippen MR) is 84.1 cm³/mol. The Labute approximate surface area is 125 Å². The number of hydrogen-bond donors (Lipinski definition) is 2. The maximum atomic E-state index is 11.5. The predicted octanol–water partition coefficient (Wildman–Crippen LogP) is 2.62. The van der Waals surface area contributed by atoms with Gasteiger partial charge in [0.05, 0.1) is 0 Å². The van der Waals surface area contributed by atoms with Crippen molar-refractivity contribution in [3.8, 4) is 0 Å². The smallest absolute Gasteiger partial charge is 0.314 e. The van der Waals surface area contributed by atoms with Gasteiger partial charge in [-0.15, -0.1) is 11.3 Å². The molecule has 1 aromatic rings. The molecule has 1 aromatic heterocycles. The maximum absolute atomic E-state index is 11.5. The molecule has 1 saturated heterocycles. The quantitative estimate of drug-likeness (QED) is 0.877. The molecule has 0 aromatic carbocycles. The Hall–Kier alpha value is -1.07. The van der Waals surface area contributed by atoms with E-state index >= 15 is 0 Å². The summed E-state index contributed by atoms with van der Waals surface area (Å²) < 4.78 is 0. The van der Waals surface area contributed by atoms with Gasteiger partial charge in [0.15, 0.2) is 0 Å². The number of nitrogens with zero attached hydrogens (tertiary/aromatic N) is 1. The molecule has 1 fully saturated rings. The van der Waals surface area contributed by atoms with E-state index in [2.05, 4.69) is 36.7 Å². The Kier molecular flexibility index (Phi) is 5.43. The lowest BCUT2D eigenvalue weighted by molar-refractivity contribution is 0.172. The van der Waals surface area contributed by atoms with Gasteiger partial charge in [-0.2, -0.15) is 0 Å². The average Bonchev–Trinajstić information content (AvgIpc) is 2.91. The van der Waals surface area contributed by atoms with Crippen molar-refractivity contribution in [3.63, 3.8) is 0 Å². The number of hydrogen-bond acceptors (Lipinski definition) is 3. The zero-order valence-corrected chi connectivity index (χ0v) is 13.2. The van der Waals surface area contributed by atoms with Gasteiger partial charge in [-0.1, -0.05) is 19.9 Å². The van der Waals surface area contributed by atoms with Crippen LogP contribution in [0.1, 0.15) is 37.5 Å². The number of nitrogens with two attached hydrogens (primary N) is 1. The first-order valence-electron chi connectivity index (χ1n) is 7.37. The molecule has 3 N–H and O–H groups in total. The van der Waals surface area contributed by atoms with Crippen molar-refractivity contribution in [2.75, 3.05) is 19.6 Å². The molecule has 0 saturated carbocycles. The van der Waals surface area contributed by atoms with E-state index in [1.54, 1.807) is 16.2 Å². The summed E-state index contributed by atoms with van der Waals surface area (Å²) in [7, 11) is 0. The summed E-state index contributed by atoms with van der Waals surface area (Å²) in [5.41, 5.74) is 5.48. The summed E-state index contributed by atoms with van der Waals surface area (Å²) in [6, 6.07) is 4.28. The van der Waals surface area contributed by atoms with E-state index in [9.17, 15) is 4.79 Å². The number of thiophene rings is 1. The first-order valence-corrected chi connectivity index (χ1v) is 8.25. The van der Waals surface area contributed by atoms with Gasteiger partial charge >= 0.3 is 6.03 Å². The lowest BCUT2D eigenvalue weighted by Crippen LogP contribution is -2.52. The van der Waals surface area contributed by atoms with Crippen LogP contribution in [0.5, 0.6) is 0 Å². The van der Waals surface area contributed by atoms with Crippen molar-refractivity contribution >= 4 is 17.4 Å². The molecule has 2 unspecified atom stereocenters. The molecule has 0 aliphatic carbocycles. The normalized spacial score (nSPS) is 23.2. The Morgan fingerprint density at radius 2 is 2.35 bits per heavy atom. The van der Waals surface area contributed by atoms with Crippen LogP contribution in [-0.4, -0.2) is 36.6 Å². The Morgan fingerprint density at radius 3 is 2.95 bits per heavy atom. The van der Waals surface area contributed by atoms with E-state index in [1.165, 1.54) is 4.88 Å². The third-order valence-corrected chi connectivity index (χ3v) is 4.90. The molecule has 0 bridgehead atoms. The average molecular weight is 295 g/mol. The van der Waals surface area contributed by atoms with Crippen molar-refractivity contribution in [2.45, 2.75) is 38.6 Å². The Balaban J connectivity index is 1.96. The van der Waals surface area contributed by atoms with Crippen LogP contribution in [0.25, 0.3) is 0 Å². The minimum absolute atomic E-state index is 0.304. The topological polar surface area (TPSA) is 58.4 Å². The number of likely N-dealkylation sites (tertiary alicyclic amines) is 1. The highest BCUT2D eigenvalue weighted by atomic mass is 32.1. The fourth-order valence-electron chi connectivity index (χ4n) is 2.73. The minimum atomic E-state index is -0.304. The molecular formula is C15H25N3OS. The van der Waals surface area contributed by atoms with Gasteiger partial charge in [-0.3, -0.25) is 0 Å². The standard InChI is InChI=1S/C15H25N3OS/c1-11(2)5-6-17-13-8-12(14-4-3-7-20-14)9-18(10-13)15(16)19/h3-4,7,11-13,17H,5-6,8-10H2,1-2H3,(H2,16,19). The lowest BCUT2D eigenvalue weighted by atomic mass is 9.93. The number of rotatable bonds is 5. The van der Waals surface area contributed by atoms with Crippen molar-refractivity contribution in [1.82, 2.24) is 10.2 Å². The van der Waals surface area contributed by atoms with Gasteiger partial charge in [0.1, 0.15) is 0 Å². The molecule has 20 heavy (non-hydrogen) atoms. The van der Waals surface area contributed by atoms with E-state index in [0.717, 1.165) is 32.5 Å². The third-order valence-electron chi connectivity index (χ3n) is 3.86. The molecule has 2 heterocycles. The van der Waals surface area contributed by atoms with Gasteiger partial charge in [-0.05, 0) is 36.8 Å². The highest BCUT2D eigenvalue weighted by Crippen LogP contribution is 2.30. The lowest BCUT2D eigenvalue weighted by Gasteiger charge is -2.37. The monoisotopic (exact) mass is 295 g/mol. The van der Waals surface area contributed by atoms with Crippen LogP contribution in [0.3, 0.4) is 0 Å². The maximum Gasteiger partial charge on any atom is 0.314 e. The van der Waals surface area contributed by atoms with Crippen molar-refractivity contribution in [1.29, 1.82) is 0 Å². The van der Waals surface area contributed by atoms with Gasteiger partial charge < -0.3 is 16.0 Å². The minimum Gasteiger partial charge on any atom is -0.351 e. The summed E-state index contributed by atoms with van der Waals surface area (Å²) in [6.45, 7) is 6.94. The molecule has 1 aliphatic heterocycles. The Morgan fingerprint density at radius 1 is 1.55 bits per heavy atom. The second kappa shape index (κ2) is 7.09. The molecule has 1 aliphatic rings. The van der Waals surface area contributed by atoms with Crippen molar-refractivity contribution in [3.05, 3.63) is 22.4 Å². The molecule has 2 amide bonds. The van der Waals surface area contributed by atoms with Crippen molar-refractivity contribution in [2.24, 2.45) is 11.7 Å². The number of carbonyl (C=O) groups excluding carboxylic acids is 1. The van der Waals surface area contributed by atoms with Gasteiger partial charge in [0, 0.05) is 29.9 Å². The Bertz CT molecular complexity index is 419. The molecule has 5 heteroatoms. The van der Waals surface area contributed by atoms with Crippen LogP contribution in [0.4, 0.5) is 4.79 Å². The van der Waals surface area contributed by atoms with E-state index in [4.69, 9.17) is 5.73 Å². The summed E-state index contributed by atoms with van der Waals surface area (Å²) in [6.07, 6.45) is 2.25. The molecule has 0 spiro atoms. The number of nitrogens with one attached hydrogen (secondary N) is 1. The van der Waals surface area contributed by atoms with E-state index in [0.29, 0.717) is 17.9 Å². The summed E-state index contributed by atoms with van der Waals surface area (Å²) in [5.74, 6) is 1.11. The van der Waals surface area contributed by atoms with E-state index in [1.807, 2.05) is 0 Å². The largest absolute Gasteiger partial charge is 0.351 e. The number of amides is 2. The van der Waals surface area contributed by atoms with Gasteiger partial charge in [-0.25, -0.2) is 4.79 Å². The van der Waals surface area contributed by atoms with Crippen molar-refractivity contribution < 1.29 is 4.79 Å². The highest BCUT2D eigenvalue weighted by molar-refractivity contribution is 7.10. The highest BCUT2D eigenvalue weighted by Gasteiger charge is 2.30. The molecular weight excluding hydrogens is 270 g/mol. The second-order valence-electron chi connectivity index (χ2n) is 6.02. The zero-order valence-electron chi connectivity index (χ0n) is 12.3. The third kappa shape index (κ3) is 4.21. The van der Waals surface area contributed by atoms with Crippen LogP contribution in [-0.2, 0) is 0 Å². The van der Waals surface area contributed by atoms with E-state index in [-0.39, 0.29) is 6.03 Å². The number of carbonyl (C=O) groups is 1. The number of urea groups is 1. The van der Waals surface area contributed by atoms with Crippen LogP contribution in [0.2, 0.25) is 0 Å². The van der Waals surface area contributed by atoms with Crippen LogP contribution < -0.4 is 11.1 Å².